The van der Waals surface area contributed by atoms with Crippen molar-refractivity contribution in [1.29, 1.82) is 0 Å². The Hall–Kier alpha value is -1.87. The molecule has 2 fully saturated rings. The van der Waals surface area contributed by atoms with E-state index in [4.69, 9.17) is 5.73 Å². The molecule has 0 radical (unpaired) electrons. The summed E-state index contributed by atoms with van der Waals surface area (Å²) in [5.41, 5.74) is 7.68. The second kappa shape index (κ2) is 6.14. The van der Waals surface area contributed by atoms with Crippen LogP contribution in [0.15, 0.2) is 6.20 Å². The van der Waals surface area contributed by atoms with Crippen LogP contribution in [0.3, 0.4) is 0 Å². The van der Waals surface area contributed by atoms with Crippen molar-refractivity contribution in [2.75, 3.05) is 31.9 Å². The van der Waals surface area contributed by atoms with Gasteiger partial charge in [0.2, 0.25) is 11.9 Å². The number of amides is 1. The monoisotopic (exact) mass is 352 g/mol. The fourth-order valence-corrected chi connectivity index (χ4v) is 3.99. The van der Waals surface area contributed by atoms with Gasteiger partial charge in [0.15, 0.2) is 0 Å². The first-order valence-corrected chi connectivity index (χ1v) is 8.66. The first-order valence-electron chi connectivity index (χ1n) is 8.66. The van der Waals surface area contributed by atoms with E-state index in [2.05, 4.69) is 20.2 Å². The van der Waals surface area contributed by atoms with Crippen LogP contribution in [0.25, 0.3) is 0 Å². The second-order valence-electron chi connectivity index (χ2n) is 7.14. The first kappa shape index (κ1) is 16.6. The molecular weight excluding hydrogens is 330 g/mol. The summed E-state index contributed by atoms with van der Waals surface area (Å²) in [6.07, 6.45) is 2.98. The molecule has 1 aromatic rings. The minimum Gasteiger partial charge on any atom is -0.368 e. The highest BCUT2D eigenvalue weighted by Crippen LogP contribution is 2.29. The van der Waals surface area contributed by atoms with Crippen LogP contribution in [-0.2, 0) is 17.8 Å². The molecule has 1 amide bonds. The highest BCUT2D eigenvalue weighted by atomic mass is 19.3. The number of carbonyl (C=O) groups is 1. The number of aromatic nitrogens is 2. The van der Waals surface area contributed by atoms with Crippen LogP contribution in [0.2, 0.25) is 0 Å². The summed E-state index contributed by atoms with van der Waals surface area (Å²) in [4.78, 5) is 24.4. The maximum atomic E-state index is 13.3. The van der Waals surface area contributed by atoms with E-state index < -0.39 is 12.5 Å². The van der Waals surface area contributed by atoms with E-state index in [9.17, 15) is 13.6 Å². The molecule has 0 bridgehead atoms. The number of rotatable bonds is 2. The number of nitrogens with zero attached hydrogens (tertiary/aromatic N) is 4. The summed E-state index contributed by atoms with van der Waals surface area (Å²) >= 11 is 0. The zero-order valence-electron chi connectivity index (χ0n) is 13.9. The van der Waals surface area contributed by atoms with E-state index in [-0.39, 0.29) is 31.0 Å². The average molecular weight is 352 g/mol. The van der Waals surface area contributed by atoms with Crippen LogP contribution in [0, 0.1) is 0 Å². The van der Waals surface area contributed by atoms with Gasteiger partial charge in [-0.05, 0) is 6.42 Å². The largest absolute Gasteiger partial charge is 0.368 e. The molecule has 0 aliphatic carbocycles. The smallest absolute Gasteiger partial charge is 0.267 e. The Labute approximate surface area is 144 Å². The lowest BCUT2D eigenvalue weighted by molar-refractivity contribution is -0.133. The van der Waals surface area contributed by atoms with E-state index in [1.54, 1.807) is 6.20 Å². The molecule has 4 rings (SSSR count). The van der Waals surface area contributed by atoms with Crippen LogP contribution in [0.5, 0.6) is 0 Å². The quantitative estimate of drug-likeness (QED) is 0.780. The minimum absolute atomic E-state index is 0.143. The van der Waals surface area contributed by atoms with Crippen LogP contribution in [0.4, 0.5) is 14.7 Å². The number of anilines is 1. The molecule has 3 aliphatic rings. The molecule has 2 atom stereocenters. The second-order valence-corrected chi connectivity index (χ2v) is 7.14. The van der Waals surface area contributed by atoms with Crippen molar-refractivity contribution in [3.05, 3.63) is 17.5 Å². The maximum absolute atomic E-state index is 13.3. The summed E-state index contributed by atoms with van der Waals surface area (Å²) in [6.45, 7) is 1.95. The normalized spacial score (nSPS) is 29.0. The van der Waals surface area contributed by atoms with Gasteiger partial charge >= 0.3 is 0 Å². The molecule has 0 unspecified atom stereocenters. The van der Waals surface area contributed by atoms with Crippen molar-refractivity contribution in [2.45, 2.75) is 43.8 Å². The van der Waals surface area contributed by atoms with Crippen LogP contribution in [0.1, 0.15) is 24.1 Å². The zero-order chi connectivity index (χ0) is 17.6. The molecular formula is C16H22F2N6O. The van der Waals surface area contributed by atoms with Crippen molar-refractivity contribution in [3.8, 4) is 0 Å². The molecule has 25 heavy (non-hydrogen) atoms. The number of nitrogens with one attached hydrogen (secondary N) is 1. The third-order valence-electron chi connectivity index (χ3n) is 5.39. The summed E-state index contributed by atoms with van der Waals surface area (Å²) in [5, 5.41) is 3.21. The van der Waals surface area contributed by atoms with E-state index in [0.717, 1.165) is 30.8 Å². The van der Waals surface area contributed by atoms with Crippen molar-refractivity contribution in [1.82, 2.24) is 25.1 Å². The molecule has 2 saturated heterocycles. The lowest BCUT2D eigenvalue weighted by Gasteiger charge is -2.32. The molecule has 0 spiro atoms. The van der Waals surface area contributed by atoms with Gasteiger partial charge < -0.3 is 16.0 Å². The Morgan fingerprint density at radius 3 is 3.00 bits per heavy atom. The zero-order valence-corrected chi connectivity index (χ0v) is 13.9. The summed E-state index contributed by atoms with van der Waals surface area (Å²) < 4.78 is 26.7. The molecule has 7 nitrogen and oxygen atoms in total. The highest BCUT2D eigenvalue weighted by molar-refractivity contribution is 5.82. The van der Waals surface area contributed by atoms with Gasteiger partial charge in [0, 0.05) is 56.8 Å². The number of nitrogen functional groups attached to an aromatic ring is 1. The number of fused-ring (bicyclic) bond motifs is 1. The van der Waals surface area contributed by atoms with Gasteiger partial charge in [-0.3, -0.25) is 9.69 Å². The van der Waals surface area contributed by atoms with E-state index >= 15 is 0 Å². The molecule has 4 heterocycles. The van der Waals surface area contributed by atoms with E-state index in [1.165, 1.54) is 4.90 Å². The summed E-state index contributed by atoms with van der Waals surface area (Å²) in [5.74, 6) is -2.65. The van der Waals surface area contributed by atoms with Crippen molar-refractivity contribution in [3.63, 3.8) is 0 Å². The van der Waals surface area contributed by atoms with Gasteiger partial charge in [0.05, 0.1) is 18.3 Å². The van der Waals surface area contributed by atoms with Crippen LogP contribution < -0.4 is 11.1 Å². The molecule has 3 N–H and O–H groups in total. The Bertz CT molecular complexity index is 685. The van der Waals surface area contributed by atoms with Gasteiger partial charge in [0.1, 0.15) is 0 Å². The van der Waals surface area contributed by atoms with E-state index in [0.29, 0.717) is 18.9 Å². The maximum Gasteiger partial charge on any atom is 0.267 e. The topological polar surface area (TPSA) is 87.4 Å². The third-order valence-corrected chi connectivity index (χ3v) is 5.39. The van der Waals surface area contributed by atoms with Crippen molar-refractivity contribution >= 4 is 11.9 Å². The highest BCUT2D eigenvalue weighted by Gasteiger charge is 2.43. The van der Waals surface area contributed by atoms with Gasteiger partial charge in [-0.25, -0.2) is 18.7 Å². The third kappa shape index (κ3) is 3.30. The van der Waals surface area contributed by atoms with Crippen LogP contribution >= 0.6 is 0 Å². The van der Waals surface area contributed by atoms with Gasteiger partial charge in [-0.2, -0.15) is 0 Å². The Morgan fingerprint density at radius 1 is 1.40 bits per heavy atom. The van der Waals surface area contributed by atoms with E-state index in [1.807, 2.05) is 0 Å². The van der Waals surface area contributed by atoms with Crippen LogP contribution in [-0.4, -0.2) is 69.9 Å². The fourth-order valence-electron chi connectivity index (χ4n) is 3.99. The SMILES string of the molecule is Nc1ncc2c(n1)CCN([C@@H]1CN[C@H](C(=O)N3CCC(F)(F)C3)C1)C2. The summed E-state index contributed by atoms with van der Waals surface area (Å²) in [7, 11) is 0. The number of nitrogens with two attached hydrogens (primary N) is 1. The van der Waals surface area contributed by atoms with Gasteiger partial charge in [-0.15, -0.1) is 0 Å². The average Bonchev–Trinajstić information content (AvgIpc) is 3.20. The molecule has 3 aliphatic heterocycles. The molecule has 136 valence electrons. The lowest BCUT2D eigenvalue weighted by Crippen LogP contribution is -2.43. The number of hydrogen-bond donors (Lipinski definition) is 2. The predicted octanol–water partition coefficient (Wildman–Crippen LogP) is 0.0150. The molecule has 0 aromatic carbocycles. The molecule has 0 saturated carbocycles. The predicted molar refractivity (Wildman–Crippen MR) is 86.9 cm³/mol. The van der Waals surface area contributed by atoms with Crippen molar-refractivity contribution < 1.29 is 13.6 Å². The summed E-state index contributed by atoms with van der Waals surface area (Å²) in [6, 6.07) is -0.161. The first-order chi connectivity index (χ1) is 11.9. The molecule has 9 heteroatoms. The number of halogens is 2. The minimum atomic E-state index is -2.74. The van der Waals surface area contributed by atoms with Gasteiger partial charge in [0.25, 0.3) is 5.92 Å². The van der Waals surface area contributed by atoms with Crippen molar-refractivity contribution in [2.24, 2.45) is 0 Å². The molecule has 1 aromatic heterocycles. The Balaban J connectivity index is 1.37. The van der Waals surface area contributed by atoms with Gasteiger partial charge in [-0.1, -0.05) is 0 Å². The number of carbonyl (C=O) groups excluding carboxylic acids is 1. The number of likely N-dealkylation sites (tertiary alicyclic amines) is 1. The standard InChI is InChI=1S/C16H22F2N6O/c17-16(18)2-4-24(9-16)14(25)13-5-11(7-20-13)23-3-1-12-10(8-23)6-21-15(19)22-12/h6,11,13,20H,1-5,7-9H2,(H2,19,21,22)/t11-,13-/m0/s1. The lowest BCUT2D eigenvalue weighted by atomic mass is 10.0. The number of hydrogen-bond acceptors (Lipinski definition) is 6. The Kier molecular flexibility index (Phi) is 4.07. The fraction of sp³-hybridized carbons (Fsp3) is 0.688. The Morgan fingerprint density at radius 2 is 2.24 bits per heavy atom. The number of alkyl halides is 2.